The zero-order chi connectivity index (χ0) is 14.0. The Balaban J connectivity index is 1.59. The molecule has 1 aromatic rings. The highest BCUT2D eigenvalue weighted by Crippen LogP contribution is 2.11. The SMILES string of the molecule is C#CCCCNC1CCN(CCc2ccccc2)CC1. The molecular weight excluding hydrogens is 244 g/mol. The summed E-state index contributed by atoms with van der Waals surface area (Å²) in [5.41, 5.74) is 1.45. The van der Waals surface area contributed by atoms with Crippen LogP contribution in [0.1, 0.15) is 31.2 Å². The molecule has 20 heavy (non-hydrogen) atoms. The number of nitrogens with zero attached hydrogens (tertiary/aromatic N) is 1. The van der Waals surface area contributed by atoms with Crippen LogP contribution in [-0.4, -0.2) is 37.1 Å². The number of hydrogen-bond acceptors (Lipinski definition) is 2. The third-order valence-electron chi connectivity index (χ3n) is 4.08. The molecule has 0 amide bonds. The van der Waals surface area contributed by atoms with Crippen LogP contribution in [0.5, 0.6) is 0 Å². The van der Waals surface area contributed by atoms with Gasteiger partial charge in [0.25, 0.3) is 0 Å². The number of benzene rings is 1. The van der Waals surface area contributed by atoms with Gasteiger partial charge in [0.15, 0.2) is 0 Å². The van der Waals surface area contributed by atoms with Gasteiger partial charge in [0.2, 0.25) is 0 Å². The van der Waals surface area contributed by atoms with Crippen LogP contribution in [0.25, 0.3) is 0 Å². The summed E-state index contributed by atoms with van der Waals surface area (Å²) < 4.78 is 0. The molecule has 0 saturated carbocycles. The largest absolute Gasteiger partial charge is 0.314 e. The molecular formula is C18H26N2. The molecule has 1 aliphatic rings. The summed E-state index contributed by atoms with van der Waals surface area (Å²) in [5, 5.41) is 3.63. The van der Waals surface area contributed by atoms with E-state index in [0.717, 1.165) is 19.4 Å². The lowest BCUT2D eigenvalue weighted by molar-refractivity contribution is 0.200. The van der Waals surface area contributed by atoms with Crippen LogP contribution in [0.15, 0.2) is 30.3 Å². The van der Waals surface area contributed by atoms with Crippen LogP contribution in [0, 0.1) is 12.3 Å². The molecule has 0 unspecified atom stereocenters. The molecule has 2 nitrogen and oxygen atoms in total. The number of nitrogens with one attached hydrogen (secondary N) is 1. The number of rotatable bonds is 7. The summed E-state index contributed by atoms with van der Waals surface area (Å²) in [6, 6.07) is 11.5. The lowest BCUT2D eigenvalue weighted by Gasteiger charge is -2.32. The molecule has 2 rings (SSSR count). The predicted molar refractivity (Wildman–Crippen MR) is 85.7 cm³/mol. The smallest absolute Gasteiger partial charge is 0.00981 e. The van der Waals surface area contributed by atoms with Crippen LogP contribution in [-0.2, 0) is 6.42 Å². The van der Waals surface area contributed by atoms with E-state index >= 15 is 0 Å². The quantitative estimate of drug-likeness (QED) is 0.605. The molecule has 0 spiro atoms. The van der Waals surface area contributed by atoms with Crippen molar-refractivity contribution < 1.29 is 0 Å². The minimum absolute atomic E-state index is 0.695. The van der Waals surface area contributed by atoms with Gasteiger partial charge in [0.05, 0.1) is 0 Å². The van der Waals surface area contributed by atoms with Crippen LogP contribution in [0.4, 0.5) is 0 Å². The molecule has 1 fully saturated rings. The fraction of sp³-hybridized carbons (Fsp3) is 0.556. The molecule has 108 valence electrons. The number of piperidine rings is 1. The molecule has 0 radical (unpaired) electrons. The van der Waals surface area contributed by atoms with Gasteiger partial charge in [0.1, 0.15) is 0 Å². The Kier molecular flexibility index (Phi) is 6.63. The Morgan fingerprint density at radius 3 is 2.65 bits per heavy atom. The summed E-state index contributed by atoms with van der Waals surface area (Å²) in [6.07, 6.45) is 11.0. The zero-order valence-corrected chi connectivity index (χ0v) is 12.4. The van der Waals surface area contributed by atoms with Gasteiger partial charge in [-0.05, 0) is 50.9 Å². The van der Waals surface area contributed by atoms with Gasteiger partial charge in [-0.15, -0.1) is 12.3 Å². The van der Waals surface area contributed by atoms with Crippen molar-refractivity contribution in [3.63, 3.8) is 0 Å². The first-order valence-electron chi connectivity index (χ1n) is 7.81. The third kappa shape index (κ3) is 5.36. The van der Waals surface area contributed by atoms with Crippen molar-refractivity contribution >= 4 is 0 Å². The van der Waals surface area contributed by atoms with E-state index in [2.05, 4.69) is 46.5 Å². The summed E-state index contributed by atoms with van der Waals surface area (Å²) in [7, 11) is 0. The van der Waals surface area contributed by atoms with Crippen molar-refractivity contribution in [3.05, 3.63) is 35.9 Å². The first-order chi connectivity index (χ1) is 9.88. The topological polar surface area (TPSA) is 15.3 Å². The molecule has 1 N–H and O–H groups in total. The highest BCUT2D eigenvalue weighted by Gasteiger charge is 2.17. The van der Waals surface area contributed by atoms with Gasteiger partial charge < -0.3 is 10.2 Å². The summed E-state index contributed by atoms with van der Waals surface area (Å²) in [5.74, 6) is 2.70. The maximum atomic E-state index is 5.26. The fourth-order valence-electron chi connectivity index (χ4n) is 2.79. The predicted octanol–water partition coefficient (Wildman–Crippen LogP) is 2.70. The monoisotopic (exact) mass is 270 g/mol. The van der Waals surface area contributed by atoms with E-state index in [9.17, 15) is 0 Å². The van der Waals surface area contributed by atoms with E-state index in [0.29, 0.717) is 6.04 Å². The van der Waals surface area contributed by atoms with Crippen molar-refractivity contribution in [3.8, 4) is 12.3 Å². The van der Waals surface area contributed by atoms with Crippen molar-refractivity contribution in [2.45, 2.75) is 38.1 Å². The lowest BCUT2D eigenvalue weighted by Crippen LogP contribution is -2.43. The Hall–Kier alpha value is -1.30. The molecule has 1 saturated heterocycles. The molecule has 1 aromatic carbocycles. The van der Waals surface area contributed by atoms with Gasteiger partial charge in [0, 0.05) is 19.0 Å². The van der Waals surface area contributed by atoms with Crippen LogP contribution < -0.4 is 5.32 Å². The third-order valence-corrected chi connectivity index (χ3v) is 4.08. The molecule has 1 heterocycles. The van der Waals surface area contributed by atoms with Gasteiger partial charge >= 0.3 is 0 Å². The van der Waals surface area contributed by atoms with Gasteiger partial charge in [-0.1, -0.05) is 30.3 Å². The van der Waals surface area contributed by atoms with E-state index in [1.165, 1.54) is 44.5 Å². The Morgan fingerprint density at radius 2 is 1.95 bits per heavy atom. The molecule has 0 atom stereocenters. The maximum Gasteiger partial charge on any atom is 0.00981 e. The second kappa shape index (κ2) is 8.79. The normalized spacial score (nSPS) is 16.9. The Morgan fingerprint density at radius 1 is 1.20 bits per heavy atom. The molecule has 1 aliphatic heterocycles. The Labute approximate surface area is 123 Å². The Bertz CT molecular complexity index is 399. The summed E-state index contributed by atoms with van der Waals surface area (Å²) in [4.78, 5) is 2.59. The van der Waals surface area contributed by atoms with Crippen molar-refractivity contribution in [2.75, 3.05) is 26.2 Å². The van der Waals surface area contributed by atoms with E-state index in [1.807, 2.05) is 0 Å². The van der Waals surface area contributed by atoms with Crippen molar-refractivity contribution in [1.29, 1.82) is 0 Å². The highest BCUT2D eigenvalue weighted by molar-refractivity contribution is 5.14. The van der Waals surface area contributed by atoms with Gasteiger partial charge in [-0.3, -0.25) is 0 Å². The fourth-order valence-corrected chi connectivity index (χ4v) is 2.79. The lowest BCUT2D eigenvalue weighted by atomic mass is 10.0. The highest BCUT2D eigenvalue weighted by atomic mass is 15.1. The average molecular weight is 270 g/mol. The molecule has 0 aliphatic carbocycles. The first-order valence-corrected chi connectivity index (χ1v) is 7.81. The maximum absolute atomic E-state index is 5.26. The van der Waals surface area contributed by atoms with E-state index in [4.69, 9.17) is 6.42 Å². The number of unbranched alkanes of at least 4 members (excludes halogenated alkanes) is 1. The van der Waals surface area contributed by atoms with Crippen LogP contribution in [0.3, 0.4) is 0 Å². The molecule has 2 heteroatoms. The standard InChI is InChI=1S/C18H26N2/c1-2-3-7-13-19-18-11-15-20(16-12-18)14-10-17-8-5-4-6-9-17/h1,4-6,8-9,18-19H,3,7,10-16H2. The van der Waals surface area contributed by atoms with Crippen LogP contribution in [0.2, 0.25) is 0 Å². The summed E-state index contributed by atoms with van der Waals surface area (Å²) in [6.45, 7) is 4.70. The number of terminal acetylenes is 1. The second-order valence-corrected chi connectivity index (χ2v) is 5.61. The second-order valence-electron chi connectivity index (χ2n) is 5.61. The van der Waals surface area contributed by atoms with E-state index in [1.54, 1.807) is 0 Å². The van der Waals surface area contributed by atoms with Crippen molar-refractivity contribution in [1.82, 2.24) is 10.2 Å². The van der Waals surface area contributed by atoms with E-state index < -0.39 is 0 Å². The zero-order valence-electron chi connectivity index (χ0n) is 12.4. The van der Waals surface area contributed by atoms with Gasteiger partial charge in [-0.25, -0.2) is 0 Å². The van der Waals surface area contributed by atoms with E-state index in [-0.39, 0.29) is 0 Å². The molecule has 0 aromatic heterocycles. The minimum Gasteiger partial charge on any atom is -0.314 e. The van der Waals surface area contributed by atoms with Crippen LogP contribution >= 0.6 is 0 Å². The number of likely N-dealkylation sites (tertiary alicyclic amines) is 1. The average Bonchev–Trinajstić information content (AvgIpc) is 2.52. The summed E-state index contributed by atoms with van der Waals surface area (Å²) >= 11 is 0. The van der Waals surface area contributed by atoms with Crippen molar-refractivity contribution in [2.24, 2.45) is 0 Å². The van der Waals surface area contributed by atoms with Gasteiger partial charge in [-0.2, -0.15) is 0 Å². The molecule has 0 bridgehead atoms. The first kappa shape index (κ1) is 15.1. The minimum atomic E-state index is 0.695. The number of hydrogen-bond donors (Lipinski definition) is 1.